The summed E-state index contributed by atoms with van der Waals surface area (Å²) < 4.78 is 0. The number of fused-ring (bicyclic) bond motifs is 5. The van der Waals surface area contributed by atoms with Crippen LogP contribution in [0.4, 0.5) is 0 Å². The molecule has 0 bridgehead atoms. The number of allylic oxidation sites excluding steroid dienone is 1. The maximum Gasteiger partial charge on any atom is 0.152 e. The first kappa shape index (κ1) is 17.9. The van der Waals surface area contributed by atoms with E-state index in [9.17, 15) is 4.79 Å². The summed E-state index contributed by atoms with van der Waals surface area (Å²) in [6.07, 6.45) is 8.91. The SMILES string of the molecule is C=C1C[C@@H]2[C@H](CC[C@]3(C)C(=O)CC[C@@H]23)[C@@]2(C)CCC(=NOC3CNC3)CC12. The second-order valence-corrected chi connectivity index (χ2v) is 10.5. The van der Waals surface area contributed by atoms with Gasteiger partial charge in [0.25, 0.3) is 0 Å². The number of Topliss-reactive ketones (excluding diaryl/α,β-unsaturated/α-hetero) is 1. The van der Waals surface area contributed by atoms with Crippen molar-refractivity contribution in [3.05, 3.63) is 12.2 Å². The lowest BCUT2D eigenvalue weighted by molar-refractivity contribution is -0.134. The lowest BCUT2D eigenvalue weighted by Gasteiger charge is -2.60. The van der Waals surface area contributed by atoms with Gasteiger partial charge in [0, 0.05) is 24.9 Å². The van der Waals surface area contributed by atoms with Gasteiger partial charge in [0.15, 0.2) is 6.10 Å². The quantitative estimate of drug-likeness (QED) is 0.588. The average Bonchev–Trinajstić information content (AvgIpc) is 2.90. The van der Waals surface area contributed by atoms with Gasteiger partial charge in [0.1, 0.15) is 5.78 Å². The van der Waals surface area contributed by atoms with Gasteiger partial charge >= 0.3 is 0 Å². The fourth-order valence-electron chi connectivity index (χ4n) is 7.39. The first-order valence-corrected chi connectivity index (χ1v) is 11.0. The van der Waals surface area contributed by atoms with E-state index in [0.717, 1.165) is 57.5 Å². The monoisotopic (exact) mass is 370 g/mol. The summed E-state index contributed by atoms with van der Waals surface area (Å²) in [5.74, 6) is 3.07. The minimum Gasteiger partial charge on any atom is -0.390 e. The summed E-state index contributed by atoms with van der Waals surface area (Å²) in [6.45, 7) is 11.2. The highest BCUT2D eigenvalue weighted by Crippen LogP contribution is 2.66. The van der Waals surface area contributed by atoms with Crippen molar-refractivity contribution in [2.45, 2.75) is 71.3 Å². The van der Waals surface area contributed by atoms with Crippen molar-refractivity contribution in [1.29, 1.82) is 0 Å². The van der Waals surface area contributed by atoms with Gasteiger partial charge < -0.3 is 10.2 Å². The van der Waals surface area contributed by atoms with Crippen molar-refractivity contribution in [2.75, 3.05) is 13.1 Å². The van der Waals surface area contributed by atoms with Crippen molar-refractivity contribution in [2.24, 2.45) is 39.7 Å². The Labute approximate surface area is 163 Å². The first-order chi connectivity index (χ1) is 12.9. The standard InChI is InChI=1S/C23H34N2O2/c1-14-10-17-18-4-5-21(26)23(18,3)9-7-19(17)22(2)8-6-15(11-20(14)22)25-27-16-12-24-13-16/h16-20,24H,1,4-13H2,2-3H3/t17-,18-,19-,20?,22+,23-/m0/s1. The highest BCUT2D eigenvalue weighted by Gasteiger charge is 2.60. The van der Waals surface area contributed by atoms with Crippen LogP contribution in [-0.2, 0) is 9.63 Å². The summed E-state index contributed by atoms with van der Waals surface area (Å²) in [5, 5.41) is 7.76. The van der Waals surface area contributed by atoms with E-state index < -0.39 is 0 Å². The van der Waals surface area contributed by atoms with Gasteiger partial charge in [0.2, 0.25) is 0 Å². The molecule has 4 saturated carbocycles. The molecule has 148 valence electrons. The molecule has 0 aromatic rings. The Morgan fingerprint density at radius 3 is 2.67 bits per heavy atom. The maximum atomic E-state index is 12.6. The van der Waals surface area contributed by atoms with Gasteiger partial charge in [-0.3, -0.25) is 4.79 Å². The number of oxime groups is 1. The summed E-state index contributed by atoms with van der Waals surface area (Å²) in [5.41, 5.74) is 2.93. The molecule has 1 unspecified atom stereocenters. The molecule has 5 rings (SSSR count). The highest BCUT2D eigenvalue weighted by atomic mass is 16.6. The van der Waals surface area contributed by atoms with E-state index in [4.69, 9.17) is 4.84 Å². The molecule has 5 aliphatic rings. The van der Waals surface area contributed by atoms with E-state index in [1.165, 1.54) is 24.1 Å². The van der Waals surface area contributed by atoms with E-state index in [0.29, 0.717) is 29.0 Å². The van der Waals surface area contributed by atoms with Gasteiger partial charge in [-0.2, -0.15) is 0 Å². The normalized spacial score (nSPS) is 48.6. The van der Waals surface area contributed by atoms with E-state index in [2.05, 4.69) is 30.9 Å². The molecule has 4 aliphatic carbocycles. The molecular weight excluding hydrogens is 336 g/mol. The summed E-state index contributed by atoms with van der Waals surface area (Å²) in [6, 6.07) is 0. The Hall–Kier alpha value is -1.16. The fraction of sp³-hybridized carbons (Fsp3) is 0.826. The van der Waals surface area contributed by atoms with Crippen LogP contribution in [0.3, 0.4) is 0 Å². The summed E-state index contributed by atoms with van der Waals surface area (Å²) in [7, 11) is 0. The molecule has 27 heavy (non-hydrogen) atoms. The Morgan fingerprint density at radius 1 is 1.11 bits per heavy atom. The van der Waals surface area contributed by atoms with Gasteiger partial charge in [-0.25, -0.2) is 0 Å². The second-order valence-electron chi connectivity index (χ2n) is 10.5. The Kier molecular flexibility index (Phi) is 4.09. The molecular formula is C23H34N2O2. The van der Waals surface area contributed by atoms with Crippen molar-refractivity contribution < 1.29 is 9.63 Å². The van der Waals surface area contributed by atoms with E-state index in [1.807, 2.05) is 0 Å². The Morgan fingerprint density at radius 2 is 1.93 bits per heavy atom. The molecule has 0 spiro atoms. The van der Waals surface area contributed by atoms with Crippen LogP contribution in [0.2, 0.25) is 0 Å². The molecule has 0 amide bonds. The van der Waals surface area contributed by atoms with Crippen LogP contribution < -0.4 is 5.32 Å². The minimum atomic E-state index is -0.0451. The third-order valence-corrected chi connectivity index (χ3v) is 9.25. The molecule has 0 radical (unpaired) electrons. The molecule has 0 aromatic carbocycles. The van der Waals surface area contributed by atoms with Crippen LogP contribution in [0.25, 0.3) is 0 Å². The lowest BCUT2D eigenvalue weighted by atomic mass is 9.44. The van der Waals surface area contributed by atoms with Gasteiger partial charge in [-0.1, -0.05) is 31.2 Å². The van der Waals surface area contributed by atoms with Crippen LogP contribution in [0, 0.1) is 34.5 Å². The van der Waals surface area contributed by atoms with E-state index in [-0.39, 0.29) is 11.5 Å². The van der Waals surface area contributed by atoms with Crippen molar-refractivity contribution in [3.63, 3.8) is 0 Å². The molecule has 1 N–H and O–H groups in total. The highest BCUT2D eigenvalue weighted by molar-refractivity contribution is 5.87. The van der Waals surface area contributed by atoms with Crippen molar-refractivity contribution >= 4 is 11.5 Å². The summed E-state index contributed by atoms with van der Waals surface area (Å²) >= 11 is 0. The zero-order chi connectivity index (χ0) is 18.8. The fourth-order valence-corrected chi connectivity index (χ4v) is 7.39. The predicted octanol–water partition coefficient (Wildman–Crippen LogP) is 4.11. The predicted molar refractivity (Wildman–Crippen MR) is 106 cm³/mol. The van der Waals surface area contributed by atoms with E-state index in [1.54, 1.807) is 0 Å². The number of hydrogen-bond acceptors (Lipinski definition) is 4. The smallest absolute Gasteiger partial charge is 0.152 e. The number of nitrogens with one attached hydrogen (secondary N) is 1. The number of hydrogen-bond donors (Lipinski definition) is 1. The molecule has 4 nitrogen and oxygen atoms in total. The minimum absolute atomic E-state index is 0.0451. The van der Waals surface area contributed by atoms with Gasteiger partial charge in [-0.05, 0) is 74.0 Å². The lowest BCUT2D eigenvalue weighted by Crippen LogP contribution is -2.54. The van der Waals surface area contributed by atoms with Crippen LogP contribution in [-0.4, -0.2) is 30.7 Å². The molecule has 1 saturated heterocycles. The number of carbonyl (C=O) groups is 1. The van der Waals surface area contributed by atoms with Crippen LogP contribution in [0.1, 0.15) is 65.2 Å². The summed E-state index contributed by atoms with van der Waals surface area (Å²) in [4.78, 5) is 18.3. The average molecular weight is 371 g/mol. The number of nitrogens with zero attached hydrogens (tertiary/aromatic N) is 1. The van der Waals surface area contributed by atoms with E-state index >= 15 is 0 Å². The first-order valence-electron chi connectivity index (χ1n) is 11.0. The van der Waals surface area contributed by atoms with Crippen molar-refractivity contribution in [3.8, 4) is 0 Å². The Bertz CT molecular complexity index is 696. The van der Waals surface area contributed by atoms with Crippen LogP contribution in [0.15, 0.2) is 17.3 Å². The number of ketones is 1. The second kappa shape index (κ2) is 6.17. The molecule has 0 aromatic heterocycles. The largest absolute Gasteiger partial charge is 0.390 e. The molecule has 6 atom stereocenters. The topological polar surface area (TPSA) is 50.7 Å². The molecule has 4 heteroatoms. The van der Waals surface area contributed by atoms with Crippen LogP contribution in [0.5, 0.6) is 0 Å². The number of rotatable bonds is 2. The Balaban J connectivity index is 1.37. The molecule has 1 aliphatic heterocycles. The third kappa shape index (κ3) is 2.58. The molecule has 1 heterocycles. The third-order valence-electron chi connectivity index (χ3n) is 9.25. The van der Waals surface area contributed by atoms with Gasteiger partial charge in [0.05, 0.1) is 5.71 Å². The number of carbonyl (C=O) groups excluding carboxylic acids is 1. The van der Waals surface area contributed by atoms with Gasteiger partial charge in [-0.15, -0.1) is 0 Å². The van der Waals surface area contributed by atoms with Crippen LogP contribution >= 0.6 is 0 Å². The zero-order valence-corrected chi connectivity index (χ0v) is 16.9. The molecule has 5 fully saturated rings. The zero-order valence-electron chi connectivity index (χ0n) is 16.9. The maximum absolute atomic E-state index is 12.6. The van der Waals surface area contributed by atoms with Crippen molar-refractivity contribution in [1.82, 2.24) is 5.32 Å².